The third kappa shape index (κ3) is 4.57. The summed E-state index contributed by atoms with van der Waals surface area (Å²) < 4.78 is 0. The first kappa shape index (κ1) is 20.6. The number of unbranched alkanes of at least 4 members (excludes halogenated alkanes) is 3. The van der Waals surface area contributed by atoms with Crippen LogP contribution in [0.5, 0.6) is 0 Å². The Balaban J connectivity index is 1.17. The van der Waals surface area contributed by atoms with E-state index in [9.17, 15) is 9.59 Å². The van der Waals surface area contributed by atoms with Gasteiger partial charge in [0.15, 0.2) is 0 Å². The summed E-state index contributed by atoms with van der Waals surface area (Å²) in [4.78, 5) is 31.1. The van der Waals surface area contributed by atoms with Crippen LogP contribution in [0, 0.1) is 0 Å². The Morgan fingerprint density at radius 2 is 1.60 bits per heavy atom. The van der Waals surface area contributed by atoms with Crippen LogP contribution in [0.15, 0.2) is 54.6 Å². The summed E-state index contributed by atoms with van der Waals surface area (Å²) in [6, 6.07) is 18.2. The van der Waals surface area contributed by atoms with Crippen molar-refractivity contribution in [2.75, 3.05) is 20.1 Å². The molecule has 30 heavy (non-hydrogen) atoms. The maximum atomic E-state index is 12.8. The van der Waals surface area contributed by atoms with Gasteiger partial charge in [-0.05, 0) is 43.1 Å². The fourth-order valence-corrected chi connectivity index (χ4v) is 4.56. The van der Waals surface area contributed by atoms with Crippen LogP contribution in [-0.2, 0) is 24.3 Å². The Kier molecular flexibility index (Phi) is 6.48. The lowest BCUT2D eigenvalue weighted by atomic mass is 9.95. The summed E-state index contributed by atoms with van der Waals surface area (Å²) in [5.74, 6) is -0.0166. The highest BCUT2D eigenvalue weighted by Crippen LogP contribution is 2.30. The van der Waals surface area contributed by atoms with Gasteiger partial charge < -0.3 is 9.80 Å². The number of fused-ring (bicyclic) bond motifs is 2. The topological polar surface area (TPSA) is 43.9 Å². The second-order valence-electron chi connectivity index (χ2n) is 8.53. The van der Waals surface area contributed by atoms with Gasteiger partial charge in [0.05, 0.1) is 0 Å². The van der Waals surface area contributed by atoms with Crippen LogP contribution in [0.1, 0.15) is 42.4 Å². The molecule has 158 valence electrons. The zero-order chi connectivity index (χ0) is 20.9. The summed E-state index contributed by atoms with van der Waals surface area (Å²) in [5.41, 5.74) is 3.70. The second kappa shape index (κ2) is 9.43. The van der Waals surface area contributed by atoms with Crippen molar-refractivity contribution in [3.8, 4) is 0 Å². The van der Waals surface area contributed by atoms with E-state index < -0.39 is 0 Å². The third-order valence-corrected chi connectivity index (χ3v) is 6.24. The molecule has 2 aromatic rings. The number of nitrogens with zero attached hydrogens (tertiary/aromatic N) is 3. The van der Waals surface area contributed by atoms with Crippen LogP contribution < -0.4 is 0 Å². The smallest absolute Gasteiger partial charge is 0.308 e. The van der Waals surface area contributed by atoms with Crippen molar-refractivity contribution in [1.82, 2.24) is 14.7 Å². The van der Waals surface area contributed by atoms with Gasteiger partial charge in [0.25, 0.3) is 5.91 Å². The van der Waals surface area contributed by atoms with Crippen LogP contribution in [0.3, 0.4) is 0 Å². The number of carbonyl (C=O) groups is 2. The van der Waals surface area contributed by atoms with Crippen molar-refractivity contribution in [1.29, 1.82) is 0 Å². The molecule has 0 saturated carbocycles. The molecule has 0 N–H and O–H groups in total. The molecule has 0 radical (unpaired) electrons. The first-order valence-corrected chi connectivity index (χ1v) is 11.0. The molecular weight excluding hydrogens is 374 g/mol. The number of hydrogen-bond donors (Lipinski definition) is 0. The average molecular weight is 406 g/mol. The minimum atomic E-state index is -0.306. The molecule has 1 saturated heterocycles. The number of benzene rings is 2. The zero-order valence-electron chi connectivity index (χ0n) is 17.8. The number of rotatable bonds is 9. The SMILES string of the molecule is CN(CCCCCCN1C(=O)[C@@H]2Cc3ccccc3CN2C1=O)Cc1ccccc1. The quantitative estimate of drug-likeness (QED) is 0.467. The standard InChI is InChI=1S/C25H31N3O2/c1-26(18-20-11-5-4-6-12-20)15-9-2-3-10-16-27-24(29)23-17-21-13-7-8-14-22(21)19-28(23)25(27)30/h4-8,11-14,23H,2-3,9-10,15-19H2,1H3/t23-/m0/s1. The first-order chi connectivity index (χ1) is 14.6. The molecule has 0 aliphatic carbocycles. The fraction of sp³-hybridized carbons (Fsp3) is 0.440. The zero-order valence-corrected chi connectivity index (χ0v) is 17.8. The van der Waals surface area contributed by atoms with Crippen molar-refractivity contribution >= 4 is 11.9 Å². The Labute approximate surface area is 179 Å². The van der Waals surface area contributed by atoms with E-state index in [1.54, 1.807) is 4.90 Å². The Hall–Kier alpha value is -2.66. The largest absolute Gasteiger partial charge is 0.327 e. The van der Waals surface area contributed by atoms with E-state index in [0.717, 1.165) is 44.3 Å². The van der Waals surface area contributed by atoms with Crippen LogP contribution >= 0.6 is 0 Å². The van der Waals surface area contributed by atoms with Gasteiger partial charge in [-0.1, -0.05) is 67.4 Å². The molecule has 0 unspecified atom stereocenters. The van der Waals surface area contributed by atoms with Gasteiger partial charge in [-0.25, -0.2) is 4.79 Å². The number of carbonyl (C=O) groups excluding carboxylic acids is 2. The van der Waals surface area contributed by atoms with Gasteiger partial charge in [0, 0.05) is 26.1 Å². The minimum absolute atomic E-state index is 0.0166. The molecule has 2 aliphatic heterocycles. The van der Waals surface area contributed by atoms with Gasteiger partial charge in [0.1, 0.15) is 6.04 Å². The van der Waals surface area contributed by atoms with Crippen molar-refractivity contribution in [2.45, 2.75) is 51.2 Å². The van der Waals surface area contributed by atoms with Crippen LogP contribution in [-0.4, -0.2) is 52.8 Å². The van der Waals surface area contributed by atoms with E-state index in [0.29, 0.717) is 19.5 Å². The lowest BCUT2D eigenvalue weighted by Crippen LogP contribution is -2.39. The molecule has 2 aromatic carbocycles. The van der Waals surface area contributed by atoms with Crippen molar-refractivity contribution in [3.05, 3.63) is 71.3 Å². The second-order valence-corrected chi connectivity index (χ2v) is 8.53. The normalized spacial score (nSPS) is 18.1. The highest BCUT2D eigenvalue weighted by Gasteiger charge is 2.46. The molecular formula is C25H31N3O2. The van der Waals surface area contributed by atoms with E-state index in [4.69, 9.17) is 0 Å². The van der Waals surface area contributed by atoms with E-state index in [-0.39, 0.29) is 18.0 Å². The summed E-state index contributed by atoms with van der Waals surface area (Å²) in [6.45, 7) is 3.12. The van der Waals surface area contributed by atoms with Gasteiger partial charge >= 0.3 is 6.03 Å². The maximum absolute atomic E-state index is 12.8. The minimum Gasteiger partial charge on any atom is -0.308 e. The van der Waals surface area contributed by atoms with Crippen molar-refractivity contribution in [3.63, 3.8) is 0 Å². The van der Waals surface area contributed by atoms with Crippen LogP contribution in [0.4, 0.5) is 4.79 Å². The number of urea groups is 1. The third-order valence-electron chi connectivity index (χ3n) is 6.24. The van der Waals surface area contributed by atoms with E-state index in [1.165, 1.54) is 16.0 Å². The van der Waals surface area contributed by atoms with Crippen LogP contribution in [0.2, 0.25) is 0 Å². The lowest BCUT2D eigenvalue weighted by Gasteiger charge is -2.28. The van der Waals surface area contributed by atoms with E-state index in [1.807, 2.05) is 18.2 Å². The predicted octanol–water partition coefficient (Wildman–Crippen LogP) is 4.07. The molecule has 0 spiro atoms. The molecule has 0 aromatic heterocycles. The molecule has 2 heterocycles. The lowest BCUT2D eigenvalue weighted by molar-refractivity contribution is -0.128. The number of hydrogen-bond acceptors (Lipinski definition) is 3. The summed E-state index contributed by atoms with van der Waals surface area (Å²) in [6.07, 6.45) is 4.82. The predicted molar refractivity (Wildman–Crippen MR) is 118 cm³/mol. The Morgan fingerprint density at radius 3 is 2.40 bits per heavy atom. The average Bonchev–Trinajstić information content (AvgIpc) is 2.99. The van der Waals surface area contributed by atoms with Crippen molar-refractivity contribution < 1.29 is 9.59 Å². The van der Waals surface area contributed by atoms with Crippen molar-refractivity contribution in [2.24, 2.45) is 0 Å². The van der Waals surface area contributed by atoms with E-state index in [2.05, 4.69) is 48.3 Å². The highest BCUT2D eigenvalue weighted by molar-refractivity contribution is 6.04. The van der Waals surface area contributed by atoms with Gasteiger partial charge in [-0.3, -0.25) is 9.69 Å². The monoisotopic (exact) mass is 405 g/mol. The van der Waals surface area contributed by atoms with Crippen LogP contribution in [0.25, 0.3) is 0 Å². The highest BCUT2D eigenvalue weighted by atomic mass is 16.2. The molecule has 1 atom stereocenters. The maximum Gasteiger partial charge on any atom is 0.327 e. The molecule has 4 rings (SSSR count). The fourth-order valence-electron chi connectivity index (χ4n) is 4.56. The molecule has 3 amide bonds. The summed E-state index contributed by atoms with van der Waals surface area (Å²) in [7, 11) is 2.16. The van der Waals surface area contributed by atoms with Gasteiger partial charge in [0.2, 0.25) is 0 Å². The molecule has 2 aliphatic rings. The molecule has 0 bridgehead atoms. The number of imide groups is 1. The Morgan fingerprint density at radius 1 is 0.900 bits per heavy atom. The summed E-state index contributed by atoms with van der Waals surface area (Å²) in [5, 5.41) is 0. The first-order valence-electron chi connectivity index (χ1n) is 11.0. The summed E-state index contributed by atoms with van der Waals surface area (Å²) >= 11 is 0. The Bertz CT molecular complexity index is 840. The van der Waals surface area contributed by atoms with Gasteiger partial charge in [-0.2, -0.15) is 0 Å². The molecule has 5 heteroatoms. The molecule has 5 nitrogen and oxygen atoms in total. The number of amides is 3. The van der Waals surface area contributed by atoms with E-state index >= 15 is 0 Å². The molecule has 1 fully saturated rings. The van der Waals surface area contributed by atoms with Gasteiger partial charge in [-0.15, -0.1) is 0 Å².